The molecule has 0 aromatic heterocycles. The second-order valence-corrected chi connectivity index (χ2v) is 4.36. The van der Waals surface area contributed by atoms with Crippen LogP contribution in [-0.2, 0) is 4.79 Å². The van der Waals surface area contributed by atoms with Crippen LogP contribution in [0.2, 0.25) is 0 Å². The average Bonchev–Trinajstić information content (AvgIpc) is 2.40. The molecule has 2 aromatic rings. The Morgan fingerprint density at radius 2 is 1.58 bits per heavy atom. The molecular weight excluding hydrogens is 240 g/mol. The van der Waals surface area contributed by atoms with Crippen LogP contribution in [0, 0.1) is 0 Å². The summed E-state index contributed by atoms with van der Waals surface area (Å²) in [5.41, 5.74) is 1.85. The van der Waals surface area contributed by atoms with E-state index in [1.807, 2.05) is 6.07 Å². The fourth-order valence-electron chi connectivity index (χ4n) is 2.06. The van der Waals surface area contributed by atoms with Crippen LogP contribution in [0.3, 0.4) is 0 Å². The summed E-state index contributed by atoms with van der Waals surface area (Å²) in [7, 11) is 0. The minimum absolute atomic E-state index is 0.0703. The number of aliphatic carboxylic acids is 1. The fourth-order valence-corrected chi connectivity index (χ4v) is 2.06. The highest BCUT2D eigenvalue weighted by molar-refractivity contribution is 5.94. The van der Waals surface area contributed by atoms with E-state index in [9.17, 15) is 14.7 Å². The lowest BCUT2D eigenvalue weighted by Crippen LogP contribution is -2.13. The first-order valence-electron chi connectivity index (χ1n) is 5.98. The first-order valence-corrected chi connectivity index (χ1v) is 5.98. The van der Waals surface area contributed by atoms with Gasteiger partial charge < -0.3 is 5.11 Å². The highest BCUT2D eigenvalue weighted by atomic mass is 16.4. The van der Waals surface area contributed by atoms with Gasteiger partial charge in [-0.25, -0.2) is 0 Å². The summed E-state index contributed by atoms with van der Waals surface area (Å²) in [5, 5.41) is 9.42. The van der Waals surface area contributed by atoms with Gasteiger partial charge in [-0.15, -0.1) is 0 Å². The summed E-state index contributed by atoms with van der Waals surface area (Å²) in [6.45, 7) is 1.47. The SMILES string of the molecule is CC(=O)c1cccc(C(C(=O)O)c2ccccc2)c1. The molecule has 0 amide bonds. The molecule has 0 saturated heterocycles. The maximum absolute atomic E-state index is 11.5. The zero-order valence-corrected chi connectivity index (χ0v) is 10.5. The largest absolute Gasteiger partial charge is 0.481 e. The smallest absolute Gasteiger partial charge is 0.315 e. The minimum atomic E-state index is -0.924. The van der Waals surface area contributed by atoms with Gasteiger partial charge in [-0.3, -0.25) is 9.59 Å². The van der Waals surface area contributed by atoms with E-state index >= 15 is 0 Å². The van der Waals surface area contributed by atoms with Gasteiger partial charge in [-0.1, -0.05) is 48.5 Å². The zero-order chi connectivity index (χ0) is 13.8. The number of Topliss-reactive ketones (excluding diaryl/α,β-unsaturated/α-hetero) is 1. The van der Waals surface area contributed by atoms with Gasteiger partial charge in [0.05, 0.1) is 0 Å². The maximum Gasteiger partial charge on any atom is 0.315 e. The molecule has 0 aliphatic rings. The number of carbonyl (C=O) groups is 2. The number of rotatable bonds is 4. The Kier molecular flexibility index (Phi) is 3.76. The molecule has 3 heteroatoms. The van der Waals surface area contributed by atoms with Crippen molar-refractivity contribution in [3.05, 3.63) is 71.3 Å². The molecule has 1 N–H and O–H groups in total. The molecule has 0 aliphatic carbocycles. The van der Waals surface area contributed by atoms with Gasteiger partial charge in [0.1, 0.15) is 5.92 Å². The lowest BCUT2D eigenvalue weighted by molar-refractivity contribution is -0.137. The van der Waals surface area contributed by atoms with Crippen LogP contribution in [0.15, 0.2) is 54.6 Å². The Hall–Kier alpha value is -2.42. The number of carbonyl (C=O) groups excluding carboxylic acids is 1. The molecule has 0 saturated carbocycles. The van der Waals surface area contributed by atoms with Crippen molar-refractivity contribution < 1.29 is 14.7 Å². The van der Waals surface area contributed by atoms with Crippen LogP contribution < -0.4 is 0 Å². The summed E-state index contributed by atoms with van der Waals surface area (Å²) in [5.74, 6) is -1.74. The third kappa shape index (κ3) is 2.88. The summed E-state index contributed by atoms with van der Waals surface area (Å²) < 4.78 is 0. The van der Waals surface area contributed by atoms with E-state index in [2.05, 4.69) is 0 Å². The molecule has 3 nitrogen and oxygen atoms in total. The quantitative estimate of drug-likeness (QED) is 0.853. The highest BCUT2D eigenvalue weighted by Gasteiger charge is 2.22. The molecule has 2 rings (SSSR count). The number of hydrogen-bond acceptors (Lipinski definition) is 2. The number of hydrogen-bond donors (Lipinski definition) is 1. The van der Waals surface area contributed by atoms with Crippen LogP contribution >= 0.6 is 0 Å². The van der Waals surface area contributed by atoms with Gasteiger partial charge in [0.2, 0.25) is 0 Å². The second kappa shape index (κ2) is 5.48. The van der Waals surface area contributed by atoms with Crippen molar-refractivity contribution in [2.75, 3.05) is 0 Å². The van der Waals surface area contributed by atoms with Gasteiger partial charge in [-0.2, -0.15) is 0 Å². The number of carboxylic acids is 1. The minimum Gasteiger partial charge on any atom is -0.481 e. The van der Waals surface area contributed by atoms with Crippen molar-refractivity contribution in [2.24, 2.45) is 0 Å². The van der Waals surface area contributed by atoms with Crippen LogP contribution in [0.25, 0.3) is 0 Å². The Labute approximate surface area is 111 Å². The Morgan fingerprint density at radius 1 is 0.947 bits per heavy atom. The second-order valence-electron chi connectivity index (χ2n) is 4.36. The predicted molar refractivity (Wildman–Crippen MR) is 72.4 cm³/mol. The van der Waals surface area contributed by atoms with Crippen LogP contribution in [0.1, 0.15) is 34.3 Å². The Bertz CT molecular complexity index is 602. The molecule has 0 spiro atoms. The molecule has 0 radical (unpaired) electrons. The summed E-state index contributed by atoms with van der Waals surface area (Å²) in [4.78, 5) is 22.9. The first-order chi connectivity index (χ1) is 9.09. The molecule has 0 fully saturated rings. The molecule has 1 atom stereocenters. The molecule has 2 aromatic carbocycles. The Morgan fingerprint density at radius 3 is 2.16 bits per heavy atom. The standard InChI is InChI=1S/C16H14O3/c1-11(17)13-8-5-9-14(10-13)15(16(18)19)12-6-3-2-4-7-12/h2-10,15H,1H3,(H,18,19). The normalized spacial score (nSPS) is 11.8. The van der Waals surface area contributed by atoms with Gasteiger partial charge >= 0.3 is 5.97 Å². The van der Waals surface area contributed by atoms with E-state index in [0.29, 0.717) is 16.7 Å². The van der Waals surface area contributed by atoms with Gasteiger partial charge in [0, 0.05) is 5.56 Å². The lowest BCUT2D eigenvalue weighted by atomic mass is 9.90. The first kappa shape index (κ1) is 13.0. The monoisotopic (exact) mass is 254 g/mol. The molecular formula is C16H14O3. The van der Waals surface area contributed by atoms with Gasteiger partial charge in [0.25, 0.3) is 0 Å². The molecule has 96 valence electrons. The van der Waals surface area contributed by atoms with E-state index in [-0.39, 0.29) is 5.78 Å². The third-order valence-corrected chi connectivity index (χ3v) is 3.01. The van der Waals surface area contributed by atoms with E-state index < -0.39 is 11.9 Å². The van der Waals surface area contributed by atoms with E-state index in [0.717, 1.165) is 0 Å². The Balaban J connectivity index is 2.49. The molecule has 0 bridgehead atoms. The highest BCUT2D eigenvalue weighted by Crippen LogP contribution is 2.25. The van der Waals surface area contributed by atoms with Crippen molar-refractivity contribution in [1.82, 2.24) is 0 Å². The fraction of sp³-hybridized carbons (Fsp3) is 0.125. The summed E-state index contributed by atoms with van der Waals surface area (Å²) >= 11 is 0. The third-order valence-electron chi connectivity index (χ3n) is 3.01. The average molecular weight is 254 g/mol. The molecule has 1 unspecified atom stereocenters. The lowest BCUT2D eigenvalue weighted by Gasteiger charge is -2.13. The number of benzene rings is 2. The zero-order valence-electron chi connectivity index (χ0n) is 10.5. The van der Waals surface area contributed by atoms with Crippen LogP contribution in [0.4, 0.5) is 0 Å². The maximum atomic E-state index is 11.5. The summed E-state index contributed by atoms with van der Waals surface area (Å²) in [6.07, 6.45) is 0. The van der Waals surface area contributed by atoms with Crippen molar-refractivity contribution >= 4 is 11.8 Å². The molecule has 0 heterocycles. The summed E-state index contributed by atoms with van der Waals surface area (Å²) in [6, 6.07) is 15.8. The van der Waals surface area contributed by atoms with E-state index in [1.165, 1.54) is 6.92 Å². The van der Waals surface area contributed by atoms with Crippen molar-refractivity contribution in [2.45, 2.75) is 12.8 Å². The topological polar surface area (TPSA) is 54.4 Å². The van der Waals surface area contributed by atoms with Gasteiger partial charge in [-0.05, 0) is 24.1 Å². The van der Waals surface area contributed by atoms with Gasteiger partial charge in [0.15, 0.2) is 5.78 Å². The predicted octanol–water partition coefficient (Wildman–Crippen LogP) is 3.11. The van der Waals surface area contributed by atoms with Crippen molar-refractivity contribution in [3.63, 3.8) is 0 Å². The number of ketones is 1. The molecule has 19 heavy (non-hydrogen) atoms. The van der Waals surface area contributed by atoms with Crippen molar-refractivity contribution in [1.29, 1.82) is 0 Å². The number of carboxylic acid groups (broad SMARTS) is 1. The van der Waals surface area contributed by atoms with Crippen LogP contribution in [-0.4, -0.2) is 16.9 Å². The van der Waals surface area contributed by atoms with E-state index in [1.54, 1.807) is 48.5 Å². The molecule has 0 aliphatic heterocycles. The van der Waals surface area contributed by atoms with E-state index in [4.69, 9.17) is 0 Å². The van der Waals surface area contributed by atoms with Crippen LogP contribution in [0.5, 0.6) is 0 Å². The van der Waals surface area contributed by atoms with Crippen molar-refractivity contribution in [3.8, 4) is 0 Å².